The van der Waals surface area contributed by atoms with Gasteiger partial charge in [-0.2, -0.15) is 0 Å². The monoisotopic (exact) mass is 759 g/mol. The summed E-state index contributed by atoms with van der Waals surface area (Å²) < 4.78 is 32.2. The van der Waals surface area contributed by atoms with E-state index in [1.165, 1.54) is 12.1 Å². The summed E-state index contributed by atoms with van der Waals surface area (Å²) in [5.74, 6) is -0.183. The highest BCUT2D eigenvalue weighted by Crippen LogP contribution is 2.48. The smallest absolute Gasteiger partial charge is 0.256 e. The summed E-state index contributed by atoms with van der Waals surface area (Å²) in [5.41, 5.74) is 5.08. The maximum Gasteiger partial charge on any atom is 0.256 e. The van der Waals surface area contributed by atoms with Crippen LogP contribution in [-0.2, 0) is 22.6 Å². The van der Waals surface area contributed by atoms with E-state index >= 15 is 8.78 Å². The Bertz CT molecular complexity index is 2140. The number of carbonyl (C=O) groups is 3. The fourth-order valence-electron chi connectivity index (χ4n) is 10.0. The van der Waals surface area contributed by atoms with E-state index in [1.54, 1.807) is 17.0 Å². The summed E-state index contributed by atoms with van der Waals surface area (Å²) in [6.07, 6.45) is 3.92. The first kappa shape index (κ1) is 36.5. The van der Waals surface area contributed by atoms with Gasteiger partial charge >= 0.3 is 0 Å². The third-order valence-electron chi connectivity index (χ3n) is 12.9. The molecule has 4 aromatic rings. The molecule has 0 radical (unpaired) electrons. The van der Waals surface area contributed by atoms with E-state index in [9.17, 15) is 19.5 Å². The lowest BCUT2D eigenvalue weighted by molar-refractivity contribution is -0.133. The highest BCUT2D eigenvalue weighted by Gasteiger charge is 2.40. The second-order valence-electron chi connectivity index (χ2n) is 16.3. The van der Waals surface area contributed by atoms with Crippen molar-refractivity contribution in [2.24, 2.45) is 5.92 Å². The molecule has 4 heterocycles. The third kappa shape index (κ3) is 6.95. The number of rotatable bonds is 7. The van der Waals surface area contributed by atoms with Gasteiger partial charge in [-0.1, -0.05) is 36.4 Å². The Balaban J connectivity index is 0.810. The largest absolute Gasteiger partial charge is 0.508 e. The number of amides is 1. The van der Waals surface area contributed by atoms with Gasteiger partial charge in [-0.05, 0) is 103 Å². The molecule has 9 rings (SSSR count). The molecule has 2 saturated heterocycles. The first-order valence-corrected chi connectivity index (χ1v) is 20.1. The van der Waals surface area contributed by atoms with Gasteiger partial charge in [0, 0.05) is 58.2 Å². The molecule has 2 aliphatic carbocycles. The summed E-state index contributed by atoms with van der Waals surface area (Å²) in [7, 11) is 0. The highest BCUT2D eigenvalue weighted by molar-refractivity contribution is 6.07. The number of benzene rings is 3. The second-order valence-corrected chi connectivity index (χ2v) is 16.3. The lowest BCUT2D eigenvalue weighted by atomic mass is 9.69. The number of Topliss-reactive ketones (excluding diaryl/α,β-unsaturated/α-hetero) is 2. The van der Waals surface area contributed by atoms with Crippen molar-refractivity contribution >= 4 is 29.0 Å². The molecular weight excluding hydrogens is 713 g/mol. The number of nitrogens with zero attached hydrogens (tertiary/aromatic N) is 5. The highest BCUT2D eigenvalue weighted by atomic mass is 19.1. The number of aromatic nitrogens is 1. The predicted octanol–water partition coefficient (Wildman–Crippen LogP) is 6.61. The van der Waals surface area contributed by atoms with E-state index in [4.69, 9.17) is 4.98 Å². The first-order chi connectivity index (χ1) is 27.2. The van der Waals surface area contributed by atoms with Crippen LogP contribution >= 0.6 is 0 Å². The van der Waals surface area contributed by atoms with Crippen LogP contribution in [0.15, 0.2) is 72.8 Å². The summed E-state index contributed by atoms with van der Waals surface area (Å²) in [6.45, 7) is 5.74. The molecule has 1 saturated carbocycles. The summed E-state index contributed by atoms with van der Waals surface area (Å²) in [4.78, 5) is 50.4. The van der Waals surface area contributed by atoms with Gasteiger partial charge in [-0.25, -0.2) is 13.8 Å². The molecule has 56 heavy (non-hydrogen) atoms. The minimum absolute atomic E-state index is 0.0594. The number of phenolic OH excluding ortho intramolecular Hbond substituents is 1. The average Bonchev–Trinajstić information content (AvgIpc) is 3.53. The number of piperidine rings is 1. The molecule has 3 aliphatic heterocycles. The number of pyridine rings is 1. The Morgan fingerprint density at radius 3 is 2.23 bits per heavy atom. The van der Waals surface area contributed by atoms with Crippen molar-refractivity contribution in [3.8, 4) is 5.75 Å². The zero-order valence-corrected chi connectivity index (χ0v) is 31.5. The Hall–Kier alpha value is -5.16. The first-order valence-electron chi connectivity index (χ1n) is 20.1. The summed E-state index contributed by atoms with van der Waals surface area (Å²) in [6, 6.07) is 21.8. The minimum Gasteiger partial charge on any atom is -0.508 e. The zero-order valence-electron chi connectivity index (χ0n) is 31.5. The van der Waals surface area contributed by atoms with Crippen molar-refractivity contribution in [1.82, 2.24) is 14.8 Å². The number of piperazine rings is 1. The molecule has 1 N–H and O–H groups in total. The van der Waals surface area contributed by atoms with E-state index in [0.29, 0.717) is 55.2 Å². The van der Waals surface area contributed by atoms with E-state index < -0.39 is 17.7 Å². The molecular formula is C45H47F2N5O4. The van der Waals surface area contributed by atoms with E-state index in [0.717, 1.165) is 80.9 Å². The molecule has 1 amide bonds. The maximum absolute atomic E-state index is 16.1. The number of hydrogen-bond acceptors (Lipinski definition) is 8. The quantitative estimate of drug-likeness (QED) is 0.211. The SMILES string of the molecule is O=C1CCC(N2Cc3nc(N4CCN(CC5CCN(c6c(F)cc([C@H]7c8ccc(O)cc8CC[C@H]7c7ccccc7)cc6F)CC5)CC4)ccc3C2=O)C(=O)C1. The molecule has 290 valence electrons. The number of aromatic hydroxyl groups is 1. The van der Waals surface area contributed by atoms with Crippen molar-refractivity contribution in [3.05, 3.63) is 118 Å². The van der Waals surface area contributed by atoms with Crippen LogP contribution in [0.3, 0.4) is 0 Å². The van der Waals surface area contributed by atoms with Gasteiger partial charge in [0.25, 0.3) is 5.91 Å². The molecule has 0 spiro atoms. The molecule has 3 atom stereocenters. The summed E-state index contributed by atoms with van der Waals surface area (Å²) in [5, 5.41) is 10.2. The molecule has 1 aromatic heterocycles. The Morgan fingerprint density at radius 2 is 1.50 bits per heavy atom. The molecule has 1 unspecified atom stereocenters. The summed E-state index contributed by atoms with van der Waals surface area (Å²) >= 11 is 0. The van der Waals surface area contributed by atoms with Gasteiger partial charge in [0.05, 0.1) is 30.3 Å². The fraction of sp³-hybridized carbons (Fsp3) is 0.422. The number of anilines is 2. The Morgan fingerprint density at radius 1 is 0.750 bits per heavy atom. The van der Waals surface area contributed by atoms with Crippen LogP contribution in [0.1, 0.15) is 88.7 Å². The molecule has 9 nitrogen and oxygen atoms in total. The number of ketones is 2. The molecule has 11 heteroatoms. The minimum atomic E-state index is -0.553. The van der Waals surface area contributed by atoms with Crippen molar-refractivity contribution in [3.63, 3.8) is 0 Å². The van der Waals surface area contributed by atoms with Crippen LogP contribution in [-0.4, -0.2) is 89.2 Å². The normalized spacial score (nSPS) is 23.4. The number of hydrogen-bond donors (Lipinski definition) is 1. The average molecular weight is 760 g/mol. The van der Waals surface area contributed by atoms with E-state index in [-0.39, 0.29) is 47.2 Å². The van der Waals surface area contributed by atoms with E-state index in [1.807, 2.05) is 41.3 Å². The van der Waals surface area contributed by atoms with Gasteiger partial charge in [-0.15, -0.1) is 0 Å². The van der Waals surface area contributed by atoms with Crippen molar-refractivity contribution in [2.45, 2.75) is 69.4 Å². The lowest BCUT2D eigenvalue weighted by Crippen LogP contribution is -2.49. The maximum atomic E-state index is 16.1. The van der Waals surface area contributed by atoms with Gasteiger partial charge < -0.3 is 19.8 Å². The fourth-order valence-corrected chi connectivity index (χ4v) is 10.0. The number of fused-ring (bicyclic) bond motifs is 2. The Kier molecular flexibility index (Phi) is 9.81. The zero-order chi connectivity index (χ0) is 38.5. The Labute approximate surface area is 325 Å². The number of aryl methyl sites for hydroxylation is 1. The van der Waals surface area contributed by atoms with Crippen LogP contribution in [0.25, 0.3) is 0 Å². The van der Waals surface area contributed by atoms with Crippen LogP contribution in [0, 0.1) is 17.6 Å². The van der Waals surface area contributed by atoms with Crippen LogP contribution in [0.2, 0.25) is 0 Å². The van der Waals surface area contributed by atoms with Gasteiger partial charge in [0.2, 0.25) is 0 Å². The molecule has 5 aliphatic rings. The van der Waals surface area contributed by atoms with Crippen molar-refractivity contribution in [2.75, 3.05) is 55.6 Å². The lowest BCUT2D eigenvalue weighted by Gasteiger charge is -2.40. The molecule has 3 aromatic carbocycles. The van der Waals surface area contributed by atoms with Crippen LogP contribution in [0.4, 0.5) is 20.3 Å². The van der Waals surface area contributed by atoms with Crippen LogP contribution in [0.5, 0.6) is 5.75 Å². The van der Waals surface area contributed by atoms with Gasteiger partial charge in [-0.3, -0.25) is 19.3 Å². The molecule has 0 bridgehead atoms. The van der Waals surface area contributed by atoms with Crippen molar-refractivity contribution < 1.29 is 28.3 Å². The second kappa shape index (κ2) is 15.1. The molecule has 3 fully saturated rings. The van der Waals surface area contributed by atoms with Gasteiger partial charge in [0.1, 0.15) is 34.7 Å². The third-order valence-corrected chi connectivity index (χ3v) is 12.9. The van der Waals surface area contributed by atoms with E-state index in [2.05, 4.69) is 21.9 Å². The van der Waals surface area contributed by atoms with Gasteiger partial charge in [0.15, 0.2) is 5.78 Å². The standard InChI is InChI=1S/C45H47F2N5O4/c46-37-23-31(43-34(29-4-2-1-3-5-29)9-6-30-22-32(53)7-10-35(30)43)24-38(47)44(37)51-16-14-28(15-17-51)26-49-18-20-50(21-19-49)42-13-11-36-39(48-42)27-52(45(36)56)40-12-8-33(54)25-41(40)55/h1-5,7,10-11,13,22-24,28,34,40,43,53H,6,8-9,12,14-21,25-27H2/t34-,40?,43+/m0/s1. The van der Waals surface area contributed by atoms with Crippen molar-refractivity contribution in [1.29, 1.82) is 0 Å². The van der Waals surface area contributed by atoms with Crippen LogP contribution < -0.4 is 9.80 Å². The number of halogens is 2. The number of phenols is 1. The predicted molar refractivity (Wildman–Crippen MR) is 209 cm³/mol. The topological polar surface area (TPSA) is 97.3 Å². The number of carbonyl (C=O) groups excluding carboxylic acids is 3.